The van der Waals surface area contributed by atoms with Crippen LogP contribution in [0.4, 0.5) is 0 Å². The molecule has 0 amide bonds. The van der Waals surface area contributed by atoms with Crippen LogP contribution in [0, 0.1) is 0 Å². The van der Waals surface area contributed by atoms with Gasteiger partial charge in [0.2, 0.25) is 0 Å². The number of hydrogen-bond acceptors (Lipinski definition) is 0. The highest BCUT2D eigenvalue weighted by molar-refractivity contribution is 6.21. The lowest BCUT2D eigenvalue weighted by Crippen LogP contribution is -2.15. The van der Waals surface area contributed by atoms with Gasteiger partial charge < -0.3 is 4.57 Å². The zero-order chi connectivity index (χ0) is 28.0. The first-order valence-electron chi connectivity index (χ1n) is 14.8. The summed E-state index contributed by atoms with van der Waals surface area (Å²) in [6.07, 6.45) is 0. The third-order valence-corrected chi connectivity index (χ3v) is 9.56. The molecule has 9 rings (SSSR count). The standard InChI is InChI=1S/C41H29N/c1-41(2)35-22-12-10-16-27(35)33-24-34-28-17-11-13-23-37(28)42(38(34)25-36(33)41)40-31-20-8-6-18-29(31)39(26-14-4-3-5-15-26)30-19-7-9-21-32(30)40/h3-25H,1-2H3. The SMILES string of the molecule is CC1(C)c2ccccc2-c2cc3c4ccccc4n(-c4c5ccccc5c(-c5ccccc5)c5ccccc45)c3cc21. The fourth-order valence-corrected chi connectivity index (χ4v) is 7.67. The second kappa shape index (κ2) is 8.44. The summed E-state index contributed by atoms with van der Waals surface area (Å²) in [5, 5.41) is 7.67. The molecule has 0 radical (unpaired) electrons. The first kappa shape index (κ1) is 23.6. The third-order valence-electron chi connectivity index (χ3n) is 9.56. The van der Waals surface area contributed by atoms with Gasteiger partial charge in [0, 0.05) is 27.0 Å². The minimum Gasteiger partial charge on any atom is -0.308 e. The van der Waals surface area contributed by atoms with E-state index in [1.807, 2.05) is 0 Å². The van der Waals surface area contributed by atoms with Crippen LogP contribution >= 0.6 is 0 Å². The van der Waals surface area contributed by atoms with Crippen LogP contribution in [0.15, 0.2) is 140 Å². The maximum atomic E-state index is 2.55. The van der Waals surface area contributed by atoms with Crippen LogP contribution in [0.2, 0.25) is 0 Å². The molecule has 0 spiro atoms. The lowest BCUT2D eigenvalue weighted by atomic mass is 9.82. The number of hydrogen-bond donors (Lipinski definition) is 0. The normalized spacial score (nSPS) is 13.7. The van der Waals surface area contributed by atoms with E-state index in [1.165, 1.54) is 82.4 Å². The van der Waals surface area contributed by atoms with Gasteiger partial charge in [0.1, 0.15) is 0 Å². The Morgan fingerprint density at radius 3 is 1.71 bits per heavy atom. The number of fused-ring (bicyclic) bond motifs is 8. The van der Waals surface area contributed by atoms with Gasteiger partial charge in [0.15, 0.2) is 0 Å². The Labute approximate surface area is 245 Å². The average Bonchev–Trinajstić information content (AvgIpc) is 3.47. The summed E-state index contributed by atoms with van der Waals surface area (Å²) >= 11 is 0. The highest BCUT2D eigenvalue weighted by Gasteiger charge is 2.36. The molecule has 0 unspecified atom stereocenters. The van der Waals surface area contributed by atoms with Crippen LogP contribution in [0.25, 0.3) is 71.3 Å². The molecule has 1 heterocycles. The van der Waals surface area contributed by atoms with Crippen LogP contribution in [0.1, 0.15) is 25.0 Å². The summed E-state index contributed by atoms with van der Waals surface area (Å²) in [5.41, 5.74) is 11.8. The molecule has 0 aliphatic heterocycles. The molecule has 0 bridgehead atoms. The summed E-state index contributed by atoms with van der Waals surface area (Å²) in [4.78, 5) is 0. The van der Waals surface area contributed by atoms with E-state index in [4.69, 9.17) is 0 Å². The van der Waals surface area contributed by atoms with E-state index in [2.05, 4.69) is 158 Å². The monoisotopic (exact) mass is 535 g/mol. The van der Waals surface area contributed by atoms with Crippen LogP contribution in [0.3, 0.4) is 0 Å². The van der Waals surface area contributed by atoms with E-state index in [1.54, 1.807) is 0 Å². The molecule has 7 aromatic carbocycles. The second-order valence-corrected chi connectivity index (χ2v) is 12.1. The van der Waals surface area contributed by atoms with Gasteiger partial charge in [-0.05, 0) is 62.4 Å². The molecule has 1 aromatic heterocycles. The van der Waals surface area contributed by atoms with Crippen molar-refractivity contribution in [3.05, 3.63) is 151 Å². The molecule has 42 heavy (non-hydrogen) atoms. The molecule has 0 saturated carbocycles. The molecule has 0 fully saturated rings. The Bertz CT molecular complexity index is 2310. The molecule has 0 atom stereocenters. The quantitative estimate of drug-likeness (QED) is 0.194. The Morgan fingerprint density at radius 2 is 1.00 bits per heavy atom. The third kappa shape index (κ3) is 3.03. The van der Waals surface area contributed by atoms with E-state index in [0.29, 0.717) is 0 Å². The molecule has 1 aliphatic rings. The highest BCUT2D eigenvalue weighted by atomic mass is 15.0. The van der Waals surface area contributed by atoms with E-state index < -0.39 is 0 Å². The molecule has 0 N–H and O–H groups in total. The fourth-order valence-electron chi connectivity index (χ4n) is 7.67. The van der Waals surface area contributed by atoms with Crippen molar-refractivity contribution in [3.8, 4) is 27.9 Å². The molecule has 8 aromatic rings. The number of para-hydroxylation sites is 1. The predicted molar refractivity (Wildman–Crippen MR) is 179 cm³/mol. The predicted octanol–water partition coefficient (Wildman–Crippen LogP) is 11.1. The van der Waals surface area contributed by atoms with Crippen molar-refractivity contribution in [1.29, 1.82) is 0 Å². The number of aromatic nitrogens is 1. The summed E-state index contributed by atoms with van der Waals surface area (Å²) < 4.78 is 2.55. The average molecular weight is 536 g/mol. The number of rotatable bonds is 2. The minimum absolute atomic E-state index is 0.0668. The maximum absolute atomic E-state index is 2.55. The molecule has 0 saturated heterocycles. The van der Waals surface area contributed by atoms with E-state index in [0.717, 1.165) is 0 Å². The van der Waals surface area contributed by atoms with Crippen LogP contribution in [-0.4, -0.2) is 4.57 Å². The van der Waals surface area contributed by atoms with Crippen molar-refractivity contribution in [2.45, 2.75) is 19.3 Å². The smallest absolute Gasteiger partial charge is 0.0619 e. The van der Waals surface area contributed by atoms with Gasteiger partial charge in [-0.2, -0.15) is 0 Å². The van der Waals surface area contributed by atoms with Crippen molar-refractivity contribution in [1.82, 2.24) is 4.57 Å². The largest absolute Gasteiger partial charge is 0.308 e. The van der Waals surface area contributed by atoms with E-state index in [9.17, 15) is 0 Å². The molecular weight excluding hydrogens is 506 g/mol. The maximum Gasteiger partial charge on any atom is 0.0619 e. The van der Waals surface area contributed by atoms with Gasteiger partial charge in [-0.3, -0.25) is 0 Å². The number of nitrogens with zero attached hydrogens (tertiary/aromatic N) is 1. The van der Waals surface area contributed by atoms with Gasteiger partial charge in [0.25, 0.3) is 0 Å². The second-order valence-electron chi connectivity index (χ2n) is 12.1. The first-order valence-corrected chi connectivity index (χ1v) is 14.8. The summed E-state index contributed by atoms with van der Waals surface area (Å²) in [6.45, 7) is 4.74. The van der Waals surface area contributed by atoms with Crippen molar-refractivity contribution in [3.63, 3.8) is 0 Å². The van der Waals surface area contributed by atoms with Crippen molar-refractivity contribution >= 4 is 43.4 Å². The lowest BCUT2D eigenvalue weighted by Gasteiger charge is -2.22. The van der Waals surface area contributed by atoms with Gasteiger partial charge in [-0.1, -0.05) is 135 Å². The number of benzene rings is 7. The Kier molecular flexibility index (Phi) is 4.73. The van der Waals surface area contributed by atoms with Gasteiger partial charge in [0.05, 0.1) is 16.7 Å². The summed E-state index contributed by atoms with van der Waals surface area (Å²) in [6, 6.07) is 51.5. The van der Waals surface area contributed by atoms with Crippen molar-refractivity contribution in [2.24, 2.45) is 0 Å². The summed E-state index contributed by atoms with van der Waals surface area (Å²) in [5.74, 6) is 0. The van der Waals surface area contributed by atoms with Gasteiger partial charge >= 0.3 is 0 Å². The molecule has 1 aliphatic carbocycles. The zero-order valence-electron chi connectivity index (χ0n) is 23.7. The van der Waals surface area contributed by atoms with E-state index in [-0.39, 0.29) is 5.41 Å². The summed E-state index contributed by atoms with van der Waals surface area (Å²) in [7, 11) is 0. The Morgan fingerprint density at radius 1 is 0.429 bits per heavy atom. The molecule has 1 heteroatoms. The first-order chi connectivity index (χ1) is 20.6. The van der Waals surface area contributed by atoms with Crippen LogP contribution in [0.5, 0.6) is 0 Å². The topological polar surface area (TPSA) is 4.93 Å². The van der Waals surface area contributed by atoms with Gasteiger partial charge in [-0.15, -0.1) is 0 Å². The van der Waals surface area contributed by atoms with Crippen molar-refractivity contribution in [2.75, 3.05) is 0 Å². The molecule has 198 valence electrons. The van der Waals surface area contributed by atoms with Crippen LogP contribution < -0.4 is 0 Å². The minimum atomic E-state index is -0.0668. The molecule has 1 nitrogen and oxygen atoms in total. The zero-order valence-corrected chi connectivity index (χ0v) is 23.7. The highest BCUT2D eigenvalue weighted by Crippen LogP contribution is 2.51. The Hall–Kier alpha value is -5.14. The fraction of sp³-hybridized carbons (Fsp3) is 0.0732. The van der Waals surface area contributed by atoms with Crippen LogP contribution in [-0.2, 0) is 5.41 Å². The molecular formula is C41H29N. The lowest BCUT2D eigenvalue weighted by molar-refractivity contribution is 0.661. The van der Waals surface area contributed by atoms with Gasteiger partial charge in [-0.25, -0.2) is 0 Å². The van der Waals surface area contributed by atoms with Crippen molar-refractivity contribution < 1.29 is 0 Å². The van der Waals surface area contributed by atoms with E-state index >= 15 is 0 Å². The Balaban J connectivity index is 1.48.